The first kappa shape index (κ1) is 18.3. The highest BCUT2D eigenvalue weighted by Crippen LogP contribution is 2.60. The van der Waals surface area contributed by atoms with Gasteiger partial charge >= 0.3 is 0 Å². The summed E-state index contributed by atoms with van der Waals surface area (Å²) < 4.78 is 24.2. The number of benzene rings is 1. The van der Waals surface area contributed by atoms with Crippen LogP contribution in [0, 0.1) is 16.0 Å². The zero-order valence-corrected chi connectivity index (χ0v) is 16.7. The second kappa shape index (κ2) is 6.50. The van der Waals surface area contributed by atoms with Crippen molar-refractivity contribution in [3.8, 4) is 5.88 Å². The highest BCUT2D eigenvalue weighted by molar-refractivity contribution is 5.51. The Balaban J connectivity index is 1.65. The topological polar surface area (TPSA) is 100 Å². The van der Waals surface area contributed by atoms with Gasteiger partial charge in [-0.2, -0.15) is 0 Å². The van der Waals surface area contributed by atoms with E-state index >= 15 is 0 Å². The fraction of sp³-hybridized carbons (Fsp3) is 0.571. The molecule has 1 aromatic carbocycles. The molecule has 1 aromatic heterocycles. The molecule has 0 radical (unpaired) electrons. The molecule has 3 saturated heterocycles. The van der Waals surface area contributed by atoms with E-state index in [1.165, 1.54) is 0 Å². The van der Waals surface area contributed by atoms with Crippen molar-refractivity contribution in [3.63, 3.8) is 0 Å². The summed E-state index contributed by atoms with van der Waals surface area (Å²) in [5, 5.41) is 16.1. The van der Waals surface area contributed by atoms with E-state index in [0.717, 1.165) is 31.5 Å². The van der Waals surface area contributed by atoms with Crippen molar-refractivity contribution in [1.82, 2.24) is 10.1 Å². The molecule has 9 nitrogen and oxygen atoms in total. The van der Waals surface area contributed by atoms with E-state index in [1.807, 2.05) is 12.1 Å². The van der Waals surface area contributed by atoms with Gasteiger partial charge in [-0.15, -0.1) is 0 Å². The van der Waals surface area contributed by atoms with Crippen molar-refractivity contribution in [2.45, 2.75) is 36.5 Å². The van der Waals surface area contributed by atoms with Crippen molar-refractivity contribution in [2.24, 2.45) is 5.92 Å². The van der Waals surface area contributed by atoms with Gasteiger partial charge in [-0.3, -0.25) is 15.0 Å². The molecule has 1 aliphatic carbocycles. The minimum atomic E-state index is -0.776. The Hall–Kier alpha value is -2.49. The molecule has 0 amide bonds. The Morgan fingerprint density at radius 3 is 2.77 bits per heavy atom. The Labute approximate surface area is 173 Å². The Morgan fingerprint density at radius 1 is 1.23 bits per heavy atom. The number of para-hydroxylation sites is 1. The third-order valence-corrected chi connectivity index (χ3v) is 7.36. The van der Waals surface area contributed by atoms with Crippen LogP contribution >= 0.6 is 0 Å². The molecule has 2 aromatic rings. The van der Waals surface area contributed by atoms with Gasteiger partial charge in [-0.1, -0.05) is 18.2 Å². The highest BCUT2D eigenvalue weighted by Gasteiger charge is 2.65. The second-order valence-electron chi connectivity index (χ2n) is 8.44. The number of ether oxygens (including phenoxy) is 3. The molecule has 0 saturated carbocycles. The summed E-state index contributed by atoms with van der Waals surface area (Å²) in [7, 11) is 1.57. The number of methoxy groups -OCH3 is 1. The maximum Gasteiger partial charge on any atom is 0.273 e. The largest absolute Gasteiger partial charge is 0.479 e. The zero-order chi connectivity index (χ0) is 20.5. The number of rotatable bonds is 3. The molecule has 5 atom stereocenters. The molecule has 9 heteroatoms. The number of nitro groups is 1. The fourth-order valence-corrected chi connectivity index (χ4v) is 6.37. The van der Waals surface area contributed by atoms with E-state index in [1.54, 1.807) is 19.2 Å². The van der Waals surface area contributed by atoms with Gasteiger partial charge in [0.25, 0.3) is 11.6 Å². The third-order valence-electron chi connectivity index (χ3n) is 7.36. The van der Waals surface area contributed by atoms with Crippen LogP contribution in [0.15, 0.2) is 28.8 Å². The van der Waals surface area contributed by atoms with Gasteiger partial charge in [0, 0.05) is 29.5 Å². The SMILES string of the molecule is COc1noc2c1C1CCN3CCC(C3[C@@H]2c2ccccc2[N+](=O)[O-])C12OCCO2. The molecule has 4 heterocycles. The monoisotopic (exact) mass is 413 g/mol. The van der Waals surface area contributed by atoms with Gasteiger partial charge in [-0.05, 0) is 31.1 Å². The fourth-order valence-electron chi connectivity index (χ4n) is 6.37. The van der Waals surface area contributed by atoms with Crippen LogP contribution in [0.2, 0.25) is 0 Å². The van der Waals surface area contributed by atoms with Gasteiger partial charge in [-0.25, -0.2) is 0 Å². The predicted octanol–water partition coefficient (Wildman–Crippen LogP) is 2.66. The lowest BCUT2D eigenvalue weighted by molar-refractivity contribution is -0.385. The van der Waals surface area contributed by atoms with E-state index in [4.69, 9.17) is 18.7 Å². The summed E-state index contributed by atoms with van der Waals surface area (Å²) in [6.07, 6.45) is 1.75. The van der Waals surface area contributed by atoms with Gasteiger partial charge < -0.3 is 18.7 Å². The number of aromatic nitrogens is 1. The van der Waals surface area contributed by atoms with Crippen molar-refractivity contribution in [1.29, 1.82) is 0 Å². The van der Waals surface area contributed by atoms with E-state index in [-0.39, 0.29) is 34.4 Å². The molecule has 1 spiro atoms. The van der Waals surface area contributed by atoms with Crippen molar-refractivity contribution >= 4 is 5.69 Å². The number of fused-ring (bicyclic) bond motifs is 2. The van der Waals surface area contributed by atoms with Crippen LogP contribution in [-0.2, 0) is 9.47 Å². The van der Waals surface area contributed by atoms with Crippen LogP contribution in [0.25, 0.3) is 0 Å². The molecular formula is C21H23N3O6. The summed E-state index contributed by atoms with van der Waals surface area (Å²) in [5.41, 5.74) is 1.58. The molecule has 3 aliphatic heterocycles. The number of nitrogens with zero attached hydrogens (tertiary/aromatic N) is 3. The molecule has 0 N–H and O–H groups in total. The van der Waals surface area contributed by atoms with Crippen LogP contribution < -0.4 is 4.74 Å². The van der Waals surface area contributed by atoms with E-state index in [9.17, 15) is 10.1 Å². The lowest BCUT2D eigenvalue weighted by Gasteiger charge is -2.39. The first-order chi connectivity index (χ1) is 14.7. The van der Waals surface area contributed by atoms with Crippen molar-refractivity contribution < 1.29 is 23.7 Å². The average Bonchev–Trinajstić information content (AvgIpc) is 3.44. The van der Waals surface area contributed by atoms with Gasteiger partial charge in [0.15, 0.2) is 11.5 Å². The molecule has 4 aliphatic rings. The summed E-state index contributed by atoms with van der Waals surface area (Å²) in [6, 6.07) is 6.90. The van der Waals surface area contributed by atoms with E-state index < -0.39 is 5.79 Å². The predicted molar refractivity (Wildman–Crippen MR) is 103 cm³/mol. The summed E-state index contributed by atoms with van der Waals surface area (Å²) in [4.78, 5) is 14.0. The molecule has 4 unspecified atom stereocenters. The van der Waals surface area contributed by atoms with Gasteiger partial charge in [0.2, 0.25) is 0 Å². The van der Waals surface area contributed by atoms with Crippen LogP contribution in [0.4, 0.5) is 5.69 Å². The maximum atomic E-state index is 11.9. The molecule has 6 rings (SSSR count). The van der Waals surface area contributed by atoms with Crippen LogP contribution in [0.5, 0.6) is 5.88 Å². The smallest absolute Gasteiger partial charge is 0.273 e. The first-order valence-corrected chi connectivity index (χ1v) is 10.4. The highest BCUT2D eigenvalue weighted by atomic mass is 16.7. The maximum absolute atomic E-state index is 11.9. The average molecular weight is 413 g/mol. The van der Waals surface area contributed by atoms with Crippen molar-refractivity contribution in [2.75, 3.05) is 33.4 Å². The van der Waals surface area contributed by atoms with E-state index in [0.29, 0.717) is 30.4 Å². The number of hydrogen-bond acceptors (Lipinski definition) is 8. The zero-order valence-electron chi connectivity index (χ0n) is 16.7. The quantitative estimate of drug-likeness (QED) is 0.559. The van der Waals surface area contributed by atoms with Crippen LogP contribution in [-0.4, -0.2) is 60.2 Å². The first-order valence-electron chi connectivity index (χ1n) is 10.4. The molecule has 158 valence electrons. The van der Waals surface area contributed by atoms with Gasteiger partial charge in [0.1, 0.15) is 0 Å². The minimum absolute atomic E-state index is 0.0342. The van der Waals surface area contributed by atoms with Crippen LogP contribution in [0.1, 0.15) is 41.6 Å². The summed E-state index contributed by atoms with van der Waals surface area (Å²) in [5.74, 6) is -0.0805. The molecule has 30 heavy (non-hydrogen) atoms. The van der Waals surface area contributed by atoms with E-state index in [2.05, 4.69) is 10.1 Å². The Bertz CT molecular complexity index is 1000. The lowest BCUT2D eigenvalue weighted by Crippen LogP contribution is -2.47. The number of nitro benzene ring substituents is 1. The van der Waals surface area contributed by atoms with Gasteiger partial charge in [0.05, 0.1) is 36.7 Å². The summed E-state index contributed by atoms with van der Waals surface area (Å²) in [6.45, 7) is 2.86. The summed E-state index contributed by atoms with van der Waals surface area (Å²) >= 11 is 0. The standard InChI is InChI=1S/C21H23N3O6/c1-27-20-17-13-6-8-23-9-7-14(21(13)28-10-11-29-21)18(23)16(19(17)30-22-20)12-4-2-3-5-15(12)24(25)26/h2-5,13-14,16,18H,6-11H2,1H3/t13?,14?,16-,18?/m0/s1. The number of hydrogen-bond donors (Lipinski definition) is 0. The third kappa shape index (κ3) is 2.25. The Kier molecular flexibility index (Phi) is 3.96. The lowest BCUT2D eigenvalue weighted by atomic mass is 9.79. The molecule has 3 fully saturated rings. The molecular weight excluding hydrogens is 390 g/mol. The minimum Gasteiger partial charge on any atom is -0.479 e. The van der Waals surface area contributed by atoms with Crippen molar-refractivity contribution in [3.05, 3.63) is 51.3 Å². The normalized spacial score (nSPS) is 33.3. The molecule has 4 bridgehead atoms. The Morgan fingerprint density at radius 2 is 2.00 bits per heavy atom. The van der Waals surface area contributed by atoms with Crippen LogP contribution in [0.3, 0.4) is 0 Å². The second-order valence-corrected chi connectivity index (χ2v) is 8.44.